The SMILES string of the molecule is C#CCN(CC)C(=O)c1cc2ccc(F)cc2s1. The predicted molar refractivity (Wildman–Crippen MR) is 72.2 cm³/mol. The number of carbonyl (C=O) groups is 1. The molecular weight excluding hydrogens is 249 g/mol. The maximum absolute atomic E-state index is 13.1. The van der Waals surface area contributed by atoms with Gasteiger partial charge in [0.05, 0.1) is 11.4 Å². The highest BCUT2D eigenvalue weighted by atomic mass is 32.1. The van der Waals surface area contributed by atoms with Gasteiger partial charge in [0.2, 0.25) is 0 Å². The van der Waals surface area contributed by atoms with E-state index in [0.29, 0.717) is 11.4 Å². The lowest BCUT2D eigenvalue weighted by atomic mass is 10.2. The van der Waals surface area contributed by atoms with Gasteiger partial charge in [-0.3, -0.25) is 4.79 Å². The third-order valence-electron chi connectivity index (χ3n) is 2.64. The van der Waals surface area contributed by atoms with Gasteiger partial charge in [0.1, 0.15) is 5.82 Å². The maximum Gasteiger partial charge on any atom is 0.264 e. The Hall–Kier alpha value is -1.86. The molecule has 2 nitrogen and oxygen atoms in total. The van der Waals surface area contributed by atoms with E-state index in [9.17, 15) is 9.18 Å². The third-order valence-corrected chi connectivity index (χ3v) is 3.73. The van der Waals surface area contributed by atoms with Crippen LogP contribution in [0.25, 0.3) is 10.1 Å². The first-order chi connectivity index (χ1) is 8.65. The fourth-order valence-corrected chi connectivity index (χ4v) is 2.76. The second-order valence-corrected chi connectivity index (χ2v) is 4.90. The lowest BCUT2D eigenvalue weighted by molar-refractivity contribution is 0.0790. The first-order valence-electron chi connectivity index (χ1n) is 5.57. The van der Waals surface area contributed by atoms with Crippen LogP contribution in [0.15, 0.2) is 24.3 Å². The number of amides is 1. The van der Waals surface area contributed by atoms with Crippen LogP contribution in [0.4, 0.5) is 4.39 Å². The standard InChI is InChI=1S/C14H12FNOS/c1-3-7-16(4-2)14(17)13-8-10-5-6-11(15)9-12(10)18-13/h1,5-6,8-9H,4,7H2,2H3. The van der Waals surface area contributed by atoms with Gasteiger partial charge in [0.25, 0.3) is 5.91 Å². The summed E-state index contributed by atoms with van der Waals surface area (Å²) in [6, 6.07) is 6.28. The summed E-state index contributed by atoms with van der Waals surface area (Å²) < 4.78 is 13.9. The van der Waals surface area contributed by atoms with Gasteiger partial charge in [-0.25, -0.2) is 4.39 Å². The number of halogens is 1. The molecule has 1 aromatic heterocycles. The van der Waals surface area contributed by atoms with Crippen molar-refractivity contribution >= 4 is 27.3 Å². The lowest BCUT2D eigenvalue weighted by Gasteiger charge is -2.16. The van der Waals surface area contributed by atoms with Crippen molar-refractivity contribution in [1.29, 1.82) is 0 Å². The van der Waals surface area contributed by atoms with E-state index < -0.39 is 0 Å². The van der Waals surface area contributed by atoms with Crippen LogP contribution in [0.3, 0.4) is 0 Å². The van der Waals surface area contributed by atoms with Crippen molar-refractivity contribution in [2.75, 3.05) is 13.1 Å². The van der Waals surface area contributed by atoms with E-state index in [1.54, 1.807) is 17.0 Å². The highest BCUT2D eigenvalue weighted by Gasteiger charge is 2.16. The van der Waals surface area contributed by atoms with E-state index in [0.717, 1.165) is 10.1 Å². The molecule has 18 heavy (non-hydrogen) atoms. The topological polar surface area (TPSA) is 20.3 Å². The fraction of sp³-hybridized carbons (Fsp3) is 0.214. The number of hydrogen-bond acceptors (Lipinski definition) is 2. The zero-order valence-corrected chi connectivity index (χ0v) is 10.8. The number of terminal acetylenes is 1. The number of benzene rings is 1. The van der Waals surface area contributed by atoms with Crippen molar-refractivity contribution in [1.82, 2.24) is 4.90 Å². The highest BCUT2D eigenvalue weighted by molar-refractivity contribution is 7.20. The third kappa shape index (κ3) is 2.36. The molecule has 2 rings (SSSR count). The molecule has 4 heteroatoms. The summed E-state index contributed by atoms with van der Waals surface area (Å²) in [5, 5.41) is 0.876. The Balaban J connectivity index is 2.36. The molecule has 1 heterocycles. The van der Waals surface area contributed by atoms with Gasteiger partial charge in [-0.1, -0.05) is 12.0 Å². The molecule has 0 unspecified atom stereocenters. The van der Waals surface area contributed by atoms with Crippen molar-refractivity contribution in [2.24, 2.45) is 0 Å². The molecule has 1 aromatic carbocycles. The van der Waals surface area contributed by atoms with Gasteiger partial charge < -0.3 is 4.90 Å². The monoisotopic (exact) mass is 261 g/mol. The smallest absolute Gasteiger partial charge is 0.264 e. The van der Waals surface area contributed by atoms with Crippen molar-refractivity contribution in [3.63, 3.8) is 0 Å². The van der Waals surface area contributed by atoms with E-state index in [1.165, 1.54) is 23.5 Å². The van der Waals surface area contributed by atoms with Crippen LogP contribution >= 0.6 is 11.3 Å². The summed E-state index contributed by atoms with van der Waals surface area (Å²) >= 11 is 1.29. The zero-order valence-electron chi connectivity index (χ0n) is 9.94. The van der Waals surface area contributed by atoms with Gasteiger partial charge in [0.15, 0.2) is 0 Å². The van der Waals surface area contributed by atoms with Crippen LogP contribution in [0.5, 0.6) is 0 Å². The Bertz CT molecular complexity index is 626. The Morgan fingerprint density at radius 1 is 1.50 bits per heavy atom. The van der Waals surface area contributed by atoms with Crippen LogP contribution in [0, 0.1) is 18.2 Å². The maximum atomic E-state index is 13.1. The quantitative estimate of drug-likeness (QED) is 0.777. The summed E-state index contributed by atoms with van der Waals surface area (Å²) in [5.74, 6) is 2.07. The number of nitrogens with zero attached hydrogens (tertiary/aromatic N) is 1. The van der Waals surface area contributed by atoms with E-state index in [1.807, 2.05) is 6.92 Å². The summed E-state index contributed by atoms with van der Waals surface area (Å²) in [6.07, 6.45) is 5.23. The number of hydrogen-bond donors (Lipinski definition) is 0. The second-order valence-electron chi connectivity index (χ2n) is 3.82. The van der Waals surface area contributed by atoms with E-state index in [-0.39, 0.29) is 18.3 Å². The molecule has 0 N–H and O–H groups in total. The summed E-state index contributed by atoms with van der Waals surface area (Å²) in [4.78, 5) is 14.3. The first kappa shape index (κ1) is 12.6. The zero-order chi connectivity index (χ0) is 13.1. The molecule has 0 aliphatic carbocycles. The minimum atomic E-state index is -0.292. The minimum Gasteiger partial charge on any atom is -0.327 e. The normalized spacial score (nSPS) is 10.3. The van der Waals surface area contributed by atoms with Crippen molar-refractivity contribution < 1.29 is 9.18 Å². The van der Waals surface area contributed by atoms with Crippen molar-refractivity contribution in [3.8, 4) is 12.3 Å². The van der Waals surface area contributed by atoms with E-state index >= 15 is 0 Å². The molecule has 1 amide bonds. The summed E-state index contributed by atoms with van der Waals surface area (Å²) in [5.41, 5.74) is 0. The van der Waals surface area contributed by atoms with Crippen LogP contribution < -0.4 is 0 Å². The fourth-order valence-electron chi connectivity index (χ4n) is 1.70. The molecule has 0 radical (unpaired) electrons. The van der Waals surface area contributed by atoms with Gasteiger partial charge >= 0.3 is 0 Å². The van der Waals surface area contributed by atoms with E-state index in [4.69, 9.17) is 6.42 Å². The molecule has 0 atom stereocenters. The molecule has 0 aliphatic heterocycles. The lowest BCUT2D eigenvalue weighted by Crippen LogP contribution is -2.30. The van der Waals surface area contributed by atoms with Gasteiger partial charge in [-0.15, -0.1) is 17.8 Å². The van der Waals surface area contributed by atoms with Crippen molar-refractivity contribution in [3.05, 3.63) is 35.0 Å². The molecule has 0 bridgehead atoms. The number of fused-ring (bicyclic) bond motifs is 1. The van der Waals surface area contributed by atoms with Gasteiger partial charge in [0, 0.05) is 11.2 Å². The van der Waals surface area contributed by atoms with Crippen LogP contribution in [0.2, 0.25) is 0 Å². The number of carbonyl (C=O) groups excluding carboxylic acids is 1. The van der Waals surface area contributed by atoms with Crippen LogP contribution in [-0.2, 0) is 0 Å². The largest absolute Gasteiger partial charge is 0.327 e. The molecule has 0 saturated carbocycles. The minimum absolute atomic E-state index is 0.0999. The summed E-state index contributed by atoms with van der Waals surface area (Å²) in [7, 11) is 0. The summed E-state index contributed by atoms with van der Waals surface area (Å²) in [6.45, 7) is 2.73. The Kier molecular flexibility index (Phi) is 3.63. The Morgan fingerprint density at radius 2 is 2.28 bits per heavy atom. The Morgan fingerprint density at radius 3 is 2.94 bits per heavy atom. The van der Waals surface area contributed by atoms with E-state index in [2.05, 4.69) is 5.92 Å². The van der Waals surface area contributed by atoms with Crippen LogP contribution in [0.1, 0.15) is 16.6 Å². The molecular formula is C14H12FNOS. The number of rotatable bonds is 3. The van der Waals surface area contributed by atoms with Gasteiger partial charge in [-0.05, 0) is 30.5 Å². The average Bonchev–Trinajstić information content (AvgIpc) is 2.77. The molecule has 0 saturated heterocycles. The average molecular weight is 261 g/mol. The molecule has 0 fully saturated rings. The number of thiophene rings is 1. The van der Waals surface area contributed by atoms with Crippen molar-refractivity contribution in [2.45, 2.75) is 6.92 Å². The molecule has 92 valence electrons. The van der Waals surface area contributed by atoms with Crippen LogP contribution in [-0.4, -0.2) is 23.9 Å². The Labute approximate surface area is 109 Å². The first-order valence-corrected chi connectivity index (χ1v) is 6.39. The second kappa shape index (κ2) is 5.19. The molecule has 2 aromatic rings. The molecule has 0 aliphatic rings. The predicted octanol–water partition coefficient (Wildman–Crippen LogP) is 3.14. The molecule has 0 spiro atoms. The van der Waals surface area contributed by atoms with Gasteiger partial charge in [-0.2, -0.15) is 0 Å². The highest BCUT2D eigenvalue weighted by Crippen LogP contribution is 2.27.